The predicted octanol–water partition coefficient (Wildman–Crippen LogP) is 0.408. The summed E-state index contributed by atoms with van der Waals surface area (Å²) < 4.78 is 1.78. The van der Waals surface area contributed by atoms with Crippen LogP contribution in [0, 0.1) is 0 Å². The summed E-state index contributed by atoms with van der Waals surface area (Å²) in [7, 11) is 0. The predicted molar refractivity (Wildman–Crippen MR) is 78.4 cm³/mol. The average molecular weight is 285 g/mol. The van der Waals surface area contributed by atoms with Crippen LogP contribution in [0.5, 0.6) is 0 Å². The second kappa shape index (κ2) is 5.71. The van der Waals surface area contributed by atoms with Gasteiger partial charge >= 0.3 is 0 Å². The Hall–Kier alpha value is -2.74. The number of nitrogens with one attached hydrogen (secondary N) is 1. The monoisotopic (exact) mass is 285 g/mol. The number of hydrogen-bond donors (Lipinski definition) is 3. The molecule has 0 saturated carbocycles. The molecule has 0 bridgehead atoms. The Morgan fingerprint density at radius 1 is 1.33 bits per heavy atom. The summed E-state index contributed by atoms with van der Waals surface area (Å²) in [4.78, 5) is 16.6. The van der Waals surface area contributed by atoms with Crippen molar-refractivity contribution >= 4 is 22.9 Å². The quantitative estimate of drug-likeness (QED) is 0.621. The second-order valence-corrected chi connectivity index (χ2v) is 4.46. The van der Waals surface area contributed by atoms with Gasteiger partial charge in [-0.05, 0) is 11.6 Å². The van der Waals surface area contributed by atoms with E-state index < -0.39 is 0 Å². The Morgan fingerprint density at radius 3 is 3.00 bits per heavy atom. The number of nitrogens with two attached hydrogens (primary N) is 1. The minimum absolute atomic E-state index is 0.0169. The average Bonchev–Trinajstić information content (AvgIpc) is 2.86. The number of nitrogens with zero attached hydrogens (tertiary/aromatic N) is 5. The largest absolute Gasteiger partial charge is 0.395 e. The zero-order valence-corrected chi connectivity index (χ0v) is 11.3. The molecule has 0 spiro atoms. The van der Waals surface area contributed by atoms with Crippen LogP contribution < -0.4 is 11.1 Å². The number of nitrogen functional groups attached to an aromatic ring is 1. The Balaban J connectivity index is 1.93. The SMILES string of the molecule is Nc1ncnc2c1nc(NCc1cccnc1)n2CCO. The summed E-state index contributed by atoms with van der Waals surface area (Å²) in [5.74, 6) is 0.913. The van der Waals surface area contributed by atoms with E-state index in [0.717, 1.165) is 5.56 Å². The van der Waals surface area contributed by atoms with Crippen LogP contribution in [-0.4, -0.2) is 36.2 Å². The van der Waals surface area contributed by atoms with E-state index in [9.17, 15) is 5.11 Å². The number of aromatic nitrogens is 5. The van der Waals surface area contributed by atoms with Crippen LogP contribution in [0.25, 0.3) is 11.2 Å². The van der Waals surface area contributed by atoms with Crippen LogP contribution in [0.1, 0.15) is 5.56 Å². The van der Waals surface area contributed by atoms with Crippen molar-refractivity contribution in [2.45, 2.75) is 13.1 Å². The summed E-state index contributed by atoms with van der Waals surface area (Å²) >= 11 is 0. The van der Waals surface area contributed by atoms with Gasteiger partial charge in [0.2, 0.25) is 5.95 Å². The third kappa shape index (κ3) is 2.61. The lowest BCUT2D eigenvalue weighted by Crippen LogP contribution is -2.10. The van der Waals surface area contributed by atoms with Crippen molar-refractivity contribution in [3.63, 3.8) is 0 Å². The molecule has 8 nitrogen and oxygen atoms in total. The molecule has 0 amide bonds. The van der Waals surface area contributed by atoms with Gasteiger partial charge in [0.05, 0.1) is 13.2 Å². The first-order valence-electron chi connectivity index (χ1n) is 6.50. The molecule has 0 saturated heterocycles. The lowest BCUT2D eigenvalue weighted by Gasteiger charge is -2.08. The summed E-state index contributed by atoms with van der Waals surface area (Å²) in [6.45, 7) is 0.926. The molecule has 0 aliphatic rings. The topological polar surface area (TPSA) is 115 Å². The highest BCUT2D eigenvalue weighted by atomic mass is 16.3. The molecule has 21 heavy (non-hydrogen) atoms. The lowest BCUT2D eigenvalue weighted by atomic mass is 10.3. The van der Waals surface area contributed by atoms with Crippen molar-refractivity contribution in [2.75, 3.05) is 17.7 Å². The van der Waals surface area contributed by atoms with Crippen LogP contribution in [0.2, 0.25) is 0 Å². The first kappa shape index (κ1) is 13.3. The van der Waals surface area contributed by atoms with Gasteiger partial charge in [0.15, 0.2) is 17.0 Å². The lowest BCUT2D eigenvalue weighted by molar-refractivity contribution is 0.278. The molecule has 0 fully saturated rings. The minimum atomic E-state index is -0.0169. The molecule has 0 aromatic carbocycles. The maximum atomic E-state index is 9.22. The van der Waals surface area contributed by atoms with Gasteiger partial charge in [0, 0.05) is 18.9 Å². The molecular weight excluding hydrogens is 270 g/mol. The number of hydrogen-bond acceptors (Lipinski definition) is 7. The van der Waals surface area contributed by atoms with Crippen LogP contribution in [0.4, 0.5) is 11.8 Å². The number of fused-ring (bicyclic) bond motifs is 1. The molecule has 3 rings (SSSR count). The summed E-state index contributed by atoms with van der Waals surface area (Å²) in [6.07, 6.45) is 4.89. The van der Waals surface area contributed by atoms with Gasteiger partial charge in [-0.1, -0.05) is 6.07 Å². The molecule has 0 aliphatic carbocycles. The number of aliphatic hydroxyl groups excluding tert-OH is 1. The Labute approximate surface area is 120 Å². The van der Waals surface area contributed by atoms with E-state index in [-0.39, 0.29) is 6.61 Å². The van der Waals surface area contributed by atoms with Crippen molar-refractivity contribution in [1.82, 2.24) is 24.5 Å². The first-order chi connectivity index (χ1) is 10.3. The number of imidazole rings is 1. The maximum absolute atomic E-state index is 9.22. The van der Waals surface area contributed by atoms with Gasteiger partial charge in [-0.2, -0.15) is 0 Å². The van der Waals surface area contributed by atoms with Crippen LogP contribution >= 0.6 is 0 Å². The summed E-state index contributed by atoms with van der Waals surface area (Å²) in [6, 6.07) is 3.84. The highest BCUT2D eigenvalue weighted by Gasteiger charge is 2.14. The molecule has 8 heteroatoms. The zero-order valence-electron chi connectivity index (χ0n) is 11.3. The molecule has 3 aromatic heterocycles. The molecular formula is C13H15N7O. The molecule has 3 aromatic rings. The van der Waals surface area contributed by atoms with E-state index in [0.29, 0.717) is 36.0 Å². The van der Waals surface area contributed by atoms with Gasteiger partial charge < -0.3 is 16.2 Å². The maximum Gasteiger partial charge on any atom is 0.205 e. The van der Waals surface area contributed by atoms with Crippen molar-refractivity contribution in [2.24, 2.45) is 0 Å². The van der Waals surface area contributed by atoms with Gasteiger partial charge in [0.1, 0.15) is 6.33 Å². The highest BCUT2D eigenvalue weighted by Crippen LogP contribution is 2.21. The summed E-state index contributed by atoms with van der Waals surface area (Å²) in [5, 5.41) is 12.4. The van der Waals surface area contributed by atoms with E-state index >= 15 is 0 Å². The van der Waals surface area contributed by atoms with E-state index in [2.05, 4.69) is 25.3 Å². The Kier molecular flexibility index (Phi) is 3.61. The van der Waals surface area contributed by atoms with Gasteiger partial charge in [-0.15, -0.1) is 0 Å². The fourth-order valence-corrected chi connectivity index (χ4v) is 2.08. The second-order valence-electron chi connectivity index (χ2n) is 4.46. The molecule has 108 valence electrons. The third-order valence-corrected chi connectivity index (χ3v) is 3.06. The van der Waals surface area contributed by atoms with Gasteiger partial charge in [-0.3, -0.25) is 9.55 Å². The van der Waals surface area contributed by atoms with Gasteiger partial charge in [-0.25, -0.2) is 15.0 Å². The highest BCUT2D eigenvalue weighted by molar-refractivity contribution is 5.83. The van der Waals surface area contributed by atoms with Crippen LogP contribution in [0.15, 0.2) is 30.9 Å². The van der Waals surface area contributed by atoms with Crippen molar-refractivity contribution < 1.29 is 5.11 Å². The van der Waals surface area contributed by atoms with E-state index in [1.807, 2.05) is 12.1 Å². The van der Waals surface area contributed by atoms with Crippen molar-refractivity contribution in [3.8, 4) is 0 Å². The molecule has 0 radical (unpaired) electrons. The number of anilines is 2. The number of rotatable bonds is 5. The first-order valence-corrected chi connectivity index (χ1v) is 6.50. The number of pyridine rings is 1. The number of aliphatic hydroxyl groups is 1. The molecule has 0 aliphatic heterocycles. The van der Waals surface area contributed by atoms with Gasteiger partial charge in [0.25, 0.3) is 0 Å². The smallest absolute Gasteiger partial charge is 0.205 e. The fraction of sp³-hybridized carbons (Fsp3) is 0.231. The summed E-state index contributed by atoms with van der Waals surface area (Å²) in [5.41, 5.74) is 7.97. The molecule has 0 unspecified atom stereocenters. The van der Waals surface area contributed by atoms with Crippen molar-refractivity contribution in [3.05, 3.63) is 36.4 Å². The minimum Gasteiger partial charge on any atom is -0.395 e. The van der Waals surface area contributed by atoms with E-state index in [1.165, 1.54) is 6.33 Å². The van der Waals surface area contributed by atoms with E-state index in [4.69, 9.17) is 5.73 Å². The Morgan fingerprint density at radius 2 is 2.24 bits per heavy atom. The molecule has 4 N–H and O–H groups in total. The Bertz CT molecular complexity index is 741. The molecule has 0 atom stereocenters. The van der Waals surface area contributed by atoms with Crippen LogP contribution in [0.3, 0.4) is 0 Å². The third-order valence-electron chi connectivity index (χ3n) is 3.06. The normalized spacial score (nSPS) is 10.9. The van der Waals surface area contributed by atoms with E-state index in [1.54, 1.807) is 17.0 Å². The fourth-order valence-electron chi connectivity index (χ4n) is 2.08. The van der Waals surface area contributed by atoms with Crippen molar-refractivity contribution in [1.29, 1.82) is 0 Å². The molecule has 3 heterocycles. The van der Waals surface area contributed by atoms with Crippen LogP contribution in [-0.2, 0) is 13.1 Å². The standard InChI is InChI=1S/C13H15N7O/c14-11-10-12(18-8-17-11)20(4-5-21)13(19-10)16-7-9-2-1-3-15-6-9/h1-3,6,8,21H,4-5,7H2,(H,16,19)(H2,14,17,18). The zero-order chi connectivity index (χ0) is 14.7.